The van der Waals surface area contributed by atoms with Gasteiger partial charge in [0.05, 0.1) is 0 Å². The smallest absolute Gasteiger partial charge is 0.197 e. The number of halogens is 1. The van der Waals surface area contributed by atoms with Crippen LogP contribution >= 0.6 is 11.6 Å². The van der Waals surface area contributed by atoms with Crippen LogP contribution in [-0.2, 0) is 44.0 Å². The zero-order valence-electron chi connectivity index (χ0n) is 12.9. The van der Waals surface area contributed by atoms with Gasteiger partial charge in [0.1, 0.15) is 5.75 Å². The normalized spacial score (nSPS) is 10.2. The van der Waals surface area contributed by atoms with Crippen LogP contribution in [0.25, 0.3) is 11.3 Å². The number of rotatable bonds is 5. The summed E-state index contributed by atoms with van der Waals surface area (Å²) in [6.45, 7) is 4.41. The van der Waals surface area contributed by atoms with Gasteiger partial charge in [-0.2, -0.15) is 12.1 Å². The summed E-state index contributed by atoms with van der Waals surface area (Å²) in [5, 5.41) is 0.505. The second-order valence-electron chi connectivity index (χ2n) is 4.56. The summed E-state index contributed by atoms with van der Waals surface area (Å²) in [6.07, 6.45) is 0. The average molecular weight is 396 g/mol. The third-order valence-electron chi connectivity index (χ3n) is 3.13. The first-order valence-electron chi connectivity index (χ1n) is 6.62. The summed E-state index contributed by atoms with van der Waals surface area (Å²) in [5.41, 5.74) is 2.07. The van der Waals surface area contributed by atoms with Crippen molar-refractivity contribution in [3.8, 4) is 17.0 Å². The van der Waals surface area contributed by atoms with Crippen LogP contribution in [0.3, 0.4) is 0 Å². The molecule has 1 aromatic heterocycles. The van der Waals surface area contributed by atoms with Gasteiger partial charge < -0.3 is 14.0 Å². The number of aryl methyl sites for hydroxylation is 1. The van der Waals surface area contributed by atoms with Crippen LogP contribution in [0.2, 0.25) is 5.02 Å². The first-order chi connectivity index (χ1) is 10.1. The molecule has 2 rings (SSSR count). The Hall–Kier alpha value is -0.676. The number of hydrogen-bond acceptors (Lipinski definition) is 3. The standard InChI is InChI=1S/C16H17ClNO3.Y/c1-4-18-15(8-5-11(2)16(18)19)13-7-6-12(9-14(13)17)21-10-20-3;/h5-7,9H,4,10H2,1-3H3;/q-1;. The molecular weight excluding hydrogens is 379 g/mol. The van der Waals surface area contributed by atoms with E-state index in [1.54, 1.807) is 36.8 Å². The molecule has 0 aliphatic carbocycles. The predicted octanol–water partition coefficient (Wildman–Crippen LogP) is 3.28. The van der Waals surface area contributed by atoms with E-state index in [2.05, 4.69) is 6.07 Å². The molecule has 1 radical (unpaired) electrons. The molecule has 0 atom stereocenters. The van der Waals surface area contributed by atoms with Crippen LogP contribution in [0, 0.1) is 13.0 Å². The quantitative estimate of drug-likeness (QED) is 0.576. The van der Waals surface area contributed by atoms with Crippen molar-refractivity contribution in [2.45, 2.75) is 20.4 Å². The molecule has 0 aliphatic heterocycles. The molecule has 0 bridgehead atoms. The van der Waals surface area contributed by atoms with E-state index in [9.17, 15) is 4.79 Å². The minimum absolute atomic E-state index is 0. The molecule has 0 saturated heterocycles. The number of methoxy groups -OCH3 is 1. The minimum atomic E-state index is -0.0259. The van der Waals surface area contributed by atoms with E-state index in [1.807, 2.05) is 13.0 Å². The first-order valence-corrected chi connectivity index (χ1v) is 7.00. The Bertz CT molecular complexity index is 700. The summed E-state index contributed by atoms with van der Waals surface area (Å²) < 4.78 is 11.8. The fraction of sp³-hybridized carbons (Fsp3) is 0.312. The van der Waals surface area contributed by atoms with Crippen molar-refractivity contribution in [2.24, 2.45) is 0 Å². The van der Waals surface area contributed by atoms with Crippen molar-refractivity contribution in [1.82, 2.24) is 4.57 Å². The monoisotopic (exact) mass is 395 g/mol. The van der Waals surface area contributed by atoms with Gasteiger partial charge in [0.2, 0.25) is 0 Å². The Labute approximate surface area is 160 Å². The molecule has 0 spiro atoms. The topological polar surface area (TPSA) is 40.5 Å². The van der Waals surface area contributed by atoms with E-state index >= 15 is 0 Å². The van der Waals surface area contributed by atoms with Crippen LogP contribution in [0.5, 0.6) is 5.75 Å². The fourth-order valence-electron chi connectivity index (χ4n) is 2.06. The molecule has 2 aromatic rings. The third kappa shape index (κ3) is 4.20. The molecular formula is C16H17ClNO3Y-. The first kappa shape index (κ1) is 19.4. The van der Waals surface area contributed by atoms with E-state index in [4.69, 9.17) is 21.1 Å². The maximum Gasteiger partial charge on any atom is 0.197 e. The molecule has 1 heterocycles. The molecule has 6 heteroatoms. The number of pyridine rings is 1. The Morgan fingerprint density at radius 2 is 2.09 bits per heavy atom. The maximum atomic E-state index is 12.2. The zero-order chi connectivity index (χ0) is 15.4. The maximum absolute atomic E-state index is 12.2. The molecule has 22 heavy (non-hydrogen) atoms. The van der Waals surface area contributed by atoms with Crippen molar-refractivity contribution < 1.29 is 42.2 Å². The van der Waals surface area contributed by atoms with E-state index in [0.29, 0.717) is 28.6 Å². The SMILES string of the molecule is CCn1c(-c2ccc(OCOC)cc2Cl)[c-]cc(C)c1=O.[Y]. The van der Waals surface area contributed by atoms with Gasteiger partial charge in [-0.25, -0.2) is 0 Å². The van der Waals surface area contributed by atoms with Crippen LogP contribution in [-0.4, -0.2) is 18.5 Å². The average Bonchev–Trinajstić information content (AvgIpc) is 2.48. The molecule has 0 aliphatic rings. The van der Waals surface area contributed by atoms with Crippen molar-refractivity contribution >= 4 is 11.6 Å². The number of nitrogens with zero attached hydrogens (tertiary/aromatic N) is 1. The summed E-state index contributed by atoms with van der Waals surface area (Å²) in [7, 11) is 1.55. The molecule has 1 aromatic carbocycles. The Balaban J connectivity index is 0.00000242. The van der Waals surface area contributed by atoms with Crippen molar-refractivity contribution in [3.63, 3.8) is 0 Å². The summed E-state index contributed by atoms with van der Waals surface area (Å²) in [5.74, 6) is 0.614. The van der Waals surface area contributed by atoms with E-state index < -0.39 is 0 Å². The van der Waals surface area contributed by atoms with Gasteiger partial charge in [-0.05, 0) is 24.1 Å². The van der Waals surface area contributed by atoms with Crippen molar-refractivity contribution in [2.75, 3.05) is 13.9 Å². The summed E-state index contributed by atoms with van der Waals surface area (Å²) in [4.78, 5) is 12.2. The van der Waals surface area contributed by atoms with Gasteiger partial charge in [-0.15, -0.1) is 6.07 Å². The van der Waals surface area contributed by atoms with Crippen molar-refractivity contribution in [3.05, 3.63) is 51.3 Å². The Morgan fingerprint density at radius 3 is 2.68 bits per heavy atom. The number of benzene rings is 1. The van der Waals surface area contributed by atoms with Gasteiger partial charge >= 0.3 is 0 Å². The molecule has 0 amide bonds. The van der Waals surface area contributed by atoms with Crippen LogP contribution in [0.1, 0.15) is 12.5 Å². The molecule has 0 N–H and O–H groups in total. The van der Waals surface area contributed by atoms with E-state index in [1.165, 1.54) is 0 Å². The molecule has 0 saturated carbocycles. The van der Waals surface area contributed by atoms with Gasteiger partial charge in [0.25, 0.3) is 0 Å². The number of aromatic nitrogens is 1. The third-order valence-corrected chi connectivity index (χ3v) is 3.45. The number of ether oxygens (including phenoxy) is 2. The van der Waals surface area contributed by atoms with Gasteiger partial charge in [0.15, 0.2) is 12.4 Å². The van der Waals surface area contributed by atoms with Crippen LogP contribution in [0.15, 0.2) is 29.1 Å². The molecule has 115 valence electrons. The predicted molar refractivity (Wildman–Crippen MR) is 82.9 cm³/mol. The minimum Gasteiger partial charge on any atom is -0.468 e. The Morgan fingerprint density at radius 1 is 1.36 bits per heavy atom. The Kier molecular flexibility index (Phi) is 7.77. The summed E-state index contributed by atoms with van der Waals surface area (Å²) in [6, 6.07) is 10.1. The second-order valence-corrected chi connectivity index (χ2v) is 4.97. The van der Waals surface area contributed by atoms with Crippen LogP contribution in [0.4, 0.5) is 0 Å². The summed E-state index contributed by atoms with van der Waals surface area (Å²) >= 11 is 6.31. The second kappa shape index (κ2) is 8.83. The van der Waals surface area contributed by atoms with Gasteiger partial charge in [-0.3, -0.25) is 4.79 Å². The molecule has 0 fully saturated rings. The number of hydrogen-bond donors (Lipinski definition) is 0. The van der Waals surface area contributed by atoms with E-state index in [-0.39, 0.29) is 45.1 Å². The van der Waals surface area contributed by atoms with Gasteiger partial charge in [0, 0.05) is 46.4 Å². The van der Waals surface area contributed by atoms with Crippen molar-refractivity contribution in [1.29, 1.82) is 0 Å². The molecule has 0 unspecified atom stereocenters. The fourth-order valence-corrected chi connectivity index (χ4v) is 2.32. The van der Waals surface area contributed by atoms with Gasteiger partial charge in [-0.1, -0.05) is 35.3 Å². The van der Waals surface area contributed by atoms with E-state index in [0.717, 1.165) is 5.56 Å². The molecule has 4 nitrogen and oxygen atoms in total. The largest absolute Gasteiger partial charge is 0.468 e. The zero-order valence-corrected chi connectivity index (χ0v) is 16.4. The van der Waals surface area contributed by atoms with Crippen LogP contribution < -0.4 is 10.3 Å².